The Hall–Kier alpha value is 0. The molecule has 14 heavy (non-hydrogen) atoms. The van der Waals surface area contributed by atoms with Crippen molar-refractivity contribution in [2.45, 2.75) is 67.2 Å². The van der Waals surface area contributed by atoms with Gasteiger partial charge in [0.15, 0.2) is 0 Å². The maximum Gasteiger partial charge on any atom is -0.0386 e. The average molecular weight is 198 g/mol. The molecule has 0 aromatic heterocycles. The van der Waals surface area contributed by atoms with Crippen LogP contribution in [0.4, 0.5) is 0 Å². The normalized spacial score (nSPS) is 16.3. The second-order valence-electron chi connectivity index (χ2n) is 5.20. The smallest absolute Gasteiger partial charge is 0.0386 e. The molecule has 86 valence electrons. The summed E-state index contributed by atoms with van der Waals surface area (Å²) in [5.41, 5.74) is 0. The minimum absolute atomic E-state index is 0.846. The zero-order valence-corrected chi connectivity index (χ0v) is 11.1. The van der Waals surface area contributed by atoms with Gasteiger partial charge in [0, 0.05) is 0 Å². The van der Waals surface area contributed by atoms with Gasteiger partial charge in [-0.1, -0.05) is 60.8 Å². The second kappa shape index (κ2) is 7.31. The molecule has 0 radical (unpaired) electrons. The van der Waals surface area contributed by atoms with Crippen LogP contribution in [0.5, 0.6) is 0 Å². The van der Waals surface area contributed by atoms with Gasteiger partial charge in [-0.15, -0.1) is 0 Å². The monoisotopic (exact) mass is 198 g/mol. The number of hydrogen-bond acceptors (Lipinski definition) is 0. The Bertz CT molecular complexity index is 122. The highest BCUT2D eigenvalue weighted by atomic mass is 14.3. The van der Waals surface area contributed by atoms with Gasteiger partial charge in [0.25, 0.3) is 0 Å². The van der Waals surface area contributed by atoms with E-state index in [9.17, 15) is 0 Å². The van der Waals surface area contributed by atoms with Crippen LogP contribution in [-0.4, -0.2) is 0 Å². The summed E-state index contributed by atoms with van der Waals surface area (Å²) >= 11 is 0. The van der Waals surface area contributed by atoms with Crippen molar-refractivity contribution >= 4 is 0 Å². The van der Waals surface area contributed by atoms with Crippen LogP contribution >= 0.6 is 0 Å². The van der Waals surface area contributed by atoms with Crippen molar-refractivity contribution in [2.75, 3.05) is 0 Å². The maximum atomic E-state index is 2.41. The lowest BCUT2D eigenvalue weighted by Crippen LogP contribution is -2.18. The van der Waals surface area contributed by atoms with Gasteiger partial charge in [0.2, 0.25) is 0 Å². The molecule has 0 bridgehead atoms. The highest BCUT2D eigenvalue weighted by Gasteiger charge is 2.20. The zero-order chi connectivity index (χ0) is 11.1. The fourth-order valence-electron chi connectivity index (χ4n) is 2.40. The predicted octanol–water partition coefficient (Wildman–Crippen LogP) is 5.13. The fourth-order valence-corrected chi connectivity index (χ4v) is 2.40. The molecule has 0 amide bonds. The summed E-state index contributed by atoms with van der Waals surface area (Å²) < 4.78 is 0. The molecule has 0 heterocycles. The highest BCUT2D eigenvalue weighted by molar-refractivity contribution is 4.71. The van der Waals surface area contributed by atoms with Crippen molar-refractivity contribution in [1.29, 1.82) is 0 Å². The summed E-state index contributed by atoms with van der Waals surface area (Å²) in [6, 6.07) is 0. The lowest BCUT2D eigenvalue weighted by atomic mass is 9.78. The lowest BCUT2D eigenvalue weighted by Gasteiger charge is -2.28. The van der Waals surface area contributed by atoms with Crippen LogP contribution < -0.4 is 0 Å². The summed E-state index contributed by atoms with van der Waals surface area (Å²) in [7, 11) is 0. The van der Waals surface area contributed by atoms with Crippen molar-refractivity contribution in [3.05, 3.63) is 0 Å². The Morgan fingerprint density at radius 2 is 1.14 bits per heavy atom. The van der Waals surface area contributed by atoms with E-state index in [0.717, 1.165) is 23.7 Å². The molecule has 0 fully saturated rings. The van der Waals surface area contributed by atoms with Crippen molar-refractivity contribution in [2.24, 2.45) is 23.7 Å². The molecule has 0 heteroatoms. The standard InChI is InChI=1S/C14H30/c1-7-13(8-2)14(9-3)10-12(6)11(4)5/h11-14H,7-10H2,1-6H3. The van der Waals surface area contributed by atoms with E-state index in [2.05, 4.69) is 41.5 Å². The third kappa shape index (κ3) is 4.48. The molecule has 0 spiro atoms. The first kappa shape index (κ1) is 14.0. The van der Waals surface area contributed by atoms with E-state index in [0.29, 0.717) is 0 Å². The second-order valence-corrected chi connectivity index (χ2v) is 5.20. The molecule has 0 nitrogen and oxygen atoms in total. The van der Waals surface area contributed by atoms with Crippen LogP contribution in [0.3, 0.4) is 0 Å². The van der Waals surface area contributed by atoms with E-state index in [1.54, 1.807) is 0 Å². The Labute approximate surface area is 91.5 Å². The first-order chi connectivity index (χ1) is 6.56. The van der Waals surface area contributed by atoms with E-state index in [1.807, 2.05) is 0 Å². The van der Waals surface area contributed by atoms with Crippen LogP contribution in [0.2, 0.25) is 0 Å². The predicted molar refractivity (Wildman–Crippen MR) is 66.5 cm³/mol. The van der Waals surface area contributed by atoms with Crippen molar-refractivity contribution < 1.29 is 0 Å². The molecule has 0 saturated carbocycles. The van der Waals surface area contributed by atoms with Crippen LogP contribution in [0.15, 0.2) is 0 Å². The Kier molecular flexibility index (Phi) is 7.31. The third-order valence-corrected chi connectivity index (χ3v) is 4.05. The highest BCUT2D eigenvalue weighted by Crippen LogP contribution is 2.30. The van der Waals surface area contributed by atoms with Gasteiger partial charge in [-0.05, 0) is 30.1 Å². The van der Waals surface area contributed by atoms with Crippen LogP contribution in [-0.2, 0) is 0 Å². The van der Waals surface area contributed by atoms with Crippen LogP contribution in [0.25, 0.3) is 0 Å². The molecule has 0 aliphatic carbocycles. The fraction of sp³-hybridized carbons (Fsp3) is 1.00. The summed E-state index contributed by atoms with van der Waals surface area (Å²) in [5, 5.41) is 0. The summed E-state index contributed by atoms with van der Waals surface area (Å²) in [6.45, 7) is 14.2. The molecule has 0 saturated heterocycles. The molecule has 0 aliphatic rings. The molecule has 2 atom stereocenters. The van der Waals surface area contributed by atoms with Crippen molar-refractivity contribution in [3.8, 4) is 0 Å². The number of hydrogen-bond donors (Lipinski definition) is 0. The Balaban J connectivity index is 4.12. The van der Waals surface area contributed by atoms with E-state index in [-0.39, 0.29) is 0 Å². The lowest BCUT2D eigenvalue weighted by molar-refractivity contribution is 0.226. The molecule has 0 aliphatic heterocycles. The van der Waals surface area contributed by atoms with E-state index in [1.165, 1.54) is 25.7 Å². The van der Waals surface area contributed by atoms with Gasteiger partial charge in [0.05, 0.1) is 0 Å². The average Bonchev–Trinajstić information content (AvgIpc) is 2.17. The summed E-state index contributed by atoms with van der Waals surface area (Å²) in [4.78, 5) is 0. The quantitative estimate of drug-likeness (QED) is 0.532. The van der Waals surface area contributed by atoms with Gasteiger partial charge < -0.3 is 0 Å². The number of rotatable bonds is 7. The van der Waals surface area contributed by atoms with E-state index in [4.69, 9.17) is 0 Å². The molecule has 2 unspecified atom stereocenters. The van der Waals surface area contributed by atoms with Gasteiger partial charge in [-0.2, -0.15) is 0 Å². The minimum Gasteiger partial charge on any atom is -0.0651 e. The molecule has 0 aromatic rings. The van der Waals surface area contributed by atoms with Gasteiger partial charge >= 0.3 is 0 Å². The first-order valence-electron chi connectivity index (χ1n) is 6.56. The van der Waals surface area contributed by atoms with Crippen molar-refractivity contribution in [3.63, 3.8) is 0 Å². The first-order valence-corrected chi connectivity index (χ1v) is 6.56. The van der Waals surface area contributed by atoms with Gasteiger partial charge in [-0.25, -0.2) is 0 Å². The largest absolute Gasteiger partial charge is 0.0651 e. The summed E-state index contributed by atoms with van der Waals surface area (Å²) in [6.07, 6.45) is 5.52. The molecule has 0 rings (SSSR count). The zero-order valence-electron chi connectivity index (χ0n) is 11.1. The summed E-state index contributed by atoms with van der Waals surface area (Å²) in [5.74, 6) is 3.66. The molecular formula is C14H30. The van der Waals surface area contributed by atoms with E-state index >= 15 is 0 Å². The van der Waals surface area contributed by atoms with Crippen LogP contribution in [0.1, 0.15) is 67.2 Å². The molecular weight excluding hydrogens is 168 g/mol. The van der Waals surface area contributed by atoms with Gasteiger partial charge in [-0.3, -0.25) is 0 Å². The van der Waals surface area contributed by atoms with Gasteiger partial charge in [0.1, 0.15) is 0 Å². The molecule has 0 N–H and O–H groups in total. The van der Waals surface area contributed by atoms with E-state index < -0.39 is 0 Å². The molecule has 0 aromatic carbocycles. The Morgan fingerprint density at radius 3 is 1.43 bits per heavy atom. The van der Waals surface area contributed by atoms with Crippen molar-refractivity contribution in [1.82, 2.24) is 0 Å². The third-order valence-electron chi connectivity index (χ3n) is 4.05. The Morgan fingerprint density at radius 1 is 0.714 bits per heavy atom. The maximum absolute atomic E-state index is 2.41. The topological polar surface area (TPSA) is 0 Å². The minimum atomic E-state index is 0.846. The SMILES string of the molecule is CCC(CC)C(CC)CC(C)C(C)C. The van der Waals surface area contributed by atoms with Crippen LogP contribution in [0, 0.1) is 23.7 Å².